The van der Waals surface area contributed by atoms with E-state index in [0.29, 0.717) is 6.04 Å². The lowest BCUT2D eigenvalue weighted by Crippen LogP contribution is -2.46. The van der Waals surface area contributed by atoms with Crippen LogP contribution >= 0.6 is 0 Å². The van der Waals surface area contributed by atoms with E-state index in [4.69, 9.17) is 5.10 Å². The van der Waals surface area contributed by atoms with Gasteiger partial charge in [-0.3, -0.25) is 4.79 Å². The Balaban J connectivity index is 1.40. The van der Waals surface area contributed by atoms with Crippen LogP contribution in [0.3, 0.4) is 0 Å². The Bertz CT molecular complexity index is 1110. The second kappa shape index (κ2) is 7.94. The average molecular weight is 419 g/mol. The lowest BCUT2D eigenvalue weighted by molar-refractivity contribution is -0.126. The fourth-order valence-electron chi connectivity index (χ4n) is 4.69. The zero-order valence-electron chi connectivity index (χ0n) is 18.6. The van der Waals surface area contributed by atoms with Crippen LogP contribution in [-0.4, -0.2) is 45.0 Å². The van der Waals surface area contributed by atoms with Crippen molar-refractivity contribution >= 4 is 22.6 Å². The van der Waals surface area contributed by atoms with E-state index in [2.05, 4.69) is 58.5 Å². The van der Waals surface area contributed by atoms with Gasteiger partial charge in [-0.2, -0.15) is 10.2 Å². The van der Waals surface area contributed by atoms with E-state index in [9.17, 15) is 4.79 Å². The number of aryl methyl sites for hydroxylation is 3. The lowest BCUT2D eigenvalue weighted by Gasteiger charge is -2.34. The number of fused-ring (bicyclic) bond motifs is 1. The van der Waals surface area contributed by atoms with Gasteiger partial charge in [-0.05, 0) is 65.0 Å². The topological polar surface area (TPSA) is 75.9 Å². The fourth-order valence-corrected chi connectivity index (χ4v) is 4.69. The molecule has 1 amide bonds. The minimum absolute atomic E-state index is 0.0950. The molecule has 0 bridgehead atoms. The fraction of sp³-hybridized carbons (Fsp3) is 0.500. The predicted octanol–water partition coefficient (Wildman–Crippen LogP) is 3.63. The number of anilines is 1. The van der Waals surface area contributed by atoms with Gasteiger partial charge in [0.1, 0.15) is 5.52 Å². The summed E-state index contributed by atoms with van der Waals surface area (Å²) in [6.45, 7) is 7.76. The standard InChI is InChI=1S/C24H30N6O/c1-15-7-9-20(10-8-15)30-17(3)21-16(2)26-27-23(22(21)28-30)29-13-11-18(12-14-29)24(31)25-19-5-4-6-19/h7-10,18-19H,4-6,11-14H2,1-3H3,(H,25,31). The molecule has 1 saturated heterocycles. The van der Waals surface area contributed by atoms with E-state index in [1.807, 2.05) is 11.6 Å². The lowest BCUT2D eigenvalue weighted by atomic mass is 9.90. The monoisotopic (exact) mass is 418 g/mol. The third-order valence-corrected chi connectivity index (χ3v) is 6.88. The quantitative estimate of drug-likeness (QED) is 0.700. The van der Waals surface area contributed by atoms with Crippen LogP contribution in [0.1, 0.15) is 49.1 Å². The van der Waals surface area contributed by atoms with Crippen LogP contribution in [0.15, 0.2) is 24.3 Å². The van der Waals surface area contributed by atoms with Crippen molar-refractivity contribution in [3.63, 3.8) is 0 Å². The molecule has 1 aliphatic carbocycles. The number of benzene rings is 1. The Labute approximate surface area is 182 Å². The molecule has 3 aromatic rings. The van der Waals surface area contributed by atoms with Crippen LogP contribution in [0.4, 0.5) is 5.82 Å². The van der Waals surface area contributed by atoms with Gasteiger partial charge in [0.15, 0.2) is 5.82 Å². The van der Waals surface area contributed by atoms with Gasteiger partial charge in [0.05, 0.1) is 22.5 Å². The summed E-state index contributed by atoms with van der Waals surface area (Å²) in [5, 5.41) is 18.2. The Kier molecular flexibility index (Phi) is 5.12. The second-order valence-corrected chi connectivity index (χ2v) is 9.06. The van der Waals surface area contributed by atoms with E-state index in [0.717, 1.165) is 72.6 Å². The third kappa shape index (κ3) is 3.66. The summed E-state index contributed by atoms with van der Waals surface area (Å²) in [7, 11) is 0. The minimum atomic E-state index is 0.0950. The van der Waals surface area contributed by atoms with Crippen LogP contribution in [0, 0.1) is 26.7 Å². The van der Waals surface area contributed by atoms with Crippen LogP contribution in [0.5, 0.6) is 0 Å². The van der Waals surface area contributed by atoms with Gasteiger partial charge in [0.25, 0.3) is 0 Å². The van der Waals surface area contributed by atoms with Gasteiger partial charge in [-0.15, -0.1) is 5.10 Å². The summed E-state index contributed by atoms with van der Waals surface area (Å²) < 4.78 is 1.99. The van der Waals surface area contributed by atoms with E-state index in [1.165, 1.54) is 12.0 Å². The highest BCUT2D eigenvalue weighted by Gasteiger charge is 2.30. The number of amides is 1. The van der Waals surface area contributed by atoms with Crippen molar-refractivity contribution in [1.82, 2.24) is 25.3 Å². The molecule has 2 fully saturated rings. The summed E-state index contributed by atoms with van der Waals surface area (Å²) >= 11 is 0. The number of carbonyl (C=O) groups is 1. The first kappa shape index (κ1) is 20.0. The Hall–Kier alpha value is -2.96. The maximum atomic E-state index is 12.6. The molecule has 7 nitrogen and oxygen atoms in total. The van der Waals surface area contributed by atoms with Gasteiger partial charge in [-0.1, -0.05) is 17.7 Å². The van der Waals surface area contributed by atoms with Gasteiger partial charge in [0.2, 0.25) is 5.91 Å². The normalized spacial score (nSPS) is 17.7. The van der Waals surface area contributed by atoms with Crippen molar-refractivity contribution < 1.29 is 4.79 Å². The first-order chi connectivity index (χ1) is 15.0. The summed E-state index contributed by atoms with van der Waals surface area (Å²) in [5.74, 6) is 1.15. The van der Waals surface area contributed by atoms with Crippen molar-refractivity contribution in [2.45, 2.75) is 58.9 Å². The van der Waals surface area contributed by atoms with Crippen LogP contribution in [0.25, 0.3) is 16.6 Å². The largest absolute Gasteiger partial charge is 0.353 e. The van der Waals surface area contributed by atoms with Crippen LogP contribution in [-0.2, 0) is 4.79 Å². The molecule has 0 radical (unpaired) electrons. The highest BCUT2D eigenvalue weighted by atomic mass is 16.2. The smallest absolute Gasteiger partial charge is 0.223 e. The van der Waals surface area contributed by atoms with Crippen molar-refractivity contribution in [3.8, 4) is 5.69 Å². The van der Waals surface area contributed by atoms with Gasteiger partial charge in [-0.25, -0.2) is 4.68 Å². The van der Waals surface area contributed by atoms with Gasteiger partial charge < -0.3 is 10.2 Å². The summed E-state index contributed by atoms with van der Waals surface area (Å²) in [6.07, 6.45) is 5.18. The zero-order chi connectivity index (χ0) is 21.5. The molecular weight excluding hydrogens is 388 g/mol. The third-order valence-electron chi connectivity index (χ3n) is 6.88. The number of hydrogen-bond donors (Lipinski definition) is 1. The highest BCUT2D eigenvalue weighted by molar-refractivity contribution is 5.92. The van der Waals surface area contributed by atoms with E-state index in [-0.39, 0.29) is 11.8 Å². The zero-order valence-corrected chi connectivity index (χ0v) is 18.6. The molecule has 7 heteroatoms. The molecule has 3 heterocycles. The predicted molar refractivity (Wildman–Crippen MR) is 122 cm³/mol. The molecule has 162 valence electrons. The molecule has 1 aromatic carbocycles. The van der Waals surface area contributed by atoms with Crippen LogP contribution < -0.4 is 10.2 Å². The van der Waals surface area contributed by atoms with E-state index in [1.54, 1.807) is 0 Å². The summed E-state index contributed by atoms with van der Waals surface area (Å²) in [6, 6.07) is 8.80. The average Bonchev–Trinajstić information content (AvgIpc) is 3.10. The Morgan fingerprint density at radius 3 is 2.35 bits per heavy atom. The molecule has 0 unspecified atom stereocenters. The number of aromatic nitrogens is 4. The van der Waals surface area contributed by atoms with E-state index >= 15 is 0 Å². The summed E-state index contributed by atoms with van der Waals surface area (Å²) in [5.41, 5.74) is 5.12. The minimum Gasteiger partial charge on any atom is -0.353 e. The Morgan fingerprint density at radius 1 is 1.00 bits per heavy atom. The SMILES string of the molecule is Cc1ccc(-n2nc3c(N4CCC(C(=O)NC5CCC5)CC4)nnc(C)c3c2C)cc1. The Morgan fingerprint density at radius 2 is 1.71 bits per heavy atom. The van der Waals surface area contributed by atoms with Gasteiger partial charge >= 0.3 is 0 Å². The number of carbonyl (C=O) groups excluding carboxylic acids is 1. The molecular formula is C24H30N6O. The molecule has 1 N–H and O–H groups in total. The molecule has 31 heavy (non-hydrogen) atoms. The summed E-state index contributed by atoms with van der Waals surface area (Å²) in [4.78, 5) is 14.8. The van der Waals surface area contributed by atoms with Crippen LogP contribution in [0.2, 0.25) is 0 Å². The maximum Gasteiger partial charge on any atom is 0.223 e. The van der Waals surface area contributed by atoms with E-state index < -0.39 is 0 Å². The number of nitrogens with zero attached hydrogens (tertiary/aromatic N) is 5. The second-order valence-electron chi connectivity index (χ2n) is 9.06. The number of nitrogens with one attached hydrogen (secondary N) is 1. The molecule has 0 atom stereocenters. The first-order valence-corrected chi connectivity index (χ1v) is 11.4. The molecule has 1 aliphatic heterocycles. The molecule has 2 aliphatic rings. The molecule has 2 aromatic heterocycles. The first-order valence-electron chi connectivity index (χ1n) is 11.4. The van der Waals surface area contributed by atoms with Crippen molar-refractivity contribution in [3.05, 3.63) is 41.2 Å². The van der Waals surface area contributed by atoms with Gasteiger partial charge in [0, 0.05) is 25.0 Å². The van der Waals surface area contributed by atoms with Crippen molar-refractivity contribution in [2.24, 2.45) is 5.92 Å². The van der Waals surface area contributed by atoms with Crippen molar-refractivity contribution in [1.29, 1.82) is 0 Å². The molecule has 1 saturated carbocycles. The number of rotatable bonds is 4. The number of hydrogen-bond acceptors (Lipinski definition) is 5. The maximum absolute atomic E-state index is 12.6. The number of piperidine rings is 1. The highest BCUT2D eigenvalue weighted by Crippen LogP contribution is 2.31. The molecule has 0 spiro atoms. The molecule has 5 rings (SSSR count). The van der Waals surface area contributed by atoms with Crippen molar-refractivity contribution in [2.75, 3.05) is 18.0 Å².